The lowest BCUT2D eigenvalue weighted by Crippen LogP contribution is -2.33. The first kappa shape index (κ1) is 19.1. The Balaban J connectivity index is 0.00000109. The summed E-state index contributed by atoms with van der Waals surface area (Å²) in [6.45, 7) is 0. The standard InChI is InChI=1S/C18H20N2O2S.CH5N/c19-16(22)15-13-7-9-18(8-4-10-21,11-14(13)23-17(15)20)12-5-2-1-3-6-12;1-2/h1-3,5-6,10H,4,7-9,11,20H2,(H2,19,22);2H2,1H3. The molecule has 0 radical (unpaired) electrons. The largest absolute Gasteiger partial charge is 0.390 e. The molecule has 134 valence electrons. The van der Waals surface area contributed by atoms with E-state index in [0.717, 1.165) is 42.4 Å². The fourth-order valence-corrected chi connectivity index (χ4v) is 4.97. The first-order valence-electron chi connectivity index (χ1n) is 8.34. The number of amides is 1. The van der Waals surface area contributed by atoms with Crippen LogP contribution in [0.1, 0.15) is 45.6 Å². The number of primary amides is 1. The molecule has 6 heteroatoms. The van der Waals surface area contributed by atoms with Crippen LogP contribution in [0.25, 0.3) is 0 Å². The second kappa shape index (κ2) is 8.27. The molecule has 2 aromatic rings. The number of benzene rings is 1. The average Bonchev–Trinajstić information content (AvgIpc) is 2.97. The lowest BCUT2D eigenvalue weighted by molar-refractivity contribution is -0.108. The number of nitrogen functional groups attached to an aromatic ring is 1. The molecule has 1 atom stereocenters. The number of carbonyl (C=O) groups is 2. The third-order valence-corrected chi connectivity index (χ3v) is 5.90. The van der Waals surface area contributed by atoms with Crippen LogP contribution >= 0.6 is 11.3 Å². The van der Waals surface area contributed by atoms with Crippen LogP contribution in [0.15, 0.2) is 30.3 Å². The van der Waals surface area contributed by atoms with Crippen molar-refractivity contribution in [1.29, 1.82) is 0 Å². The van der Waals surface area contributed by atoms with Gasteiger partial charge in [0.15, 0.2) is 0 Å². The van der Waals surface area contributed by atoms with Gasteiger partial charge in [-0.05, 0) is 43.9 Å². The summed E-state index contributed by atoms with van der Waals surface area (Å²) < 4.78 is 0. The molecule has 1 aromatic heterocycles. The Morgan fingerprint density at radius 1 is 1.28 bits per heavy atom. The smallest absolute Gasteiger partial charge is 0.251 e. The Kier molecular flexibility index (Phi) is 6.33. The minimum Gasteiger partial charge on any atom is -0.390 e. The van der Waals surface area contributed by atoms with E-state index in [2.05, 4.69) is 17.9 Å². The van der Waals surface area contributed by atoms with Crippen molar-refractivity contribution in [2.75, 3.05) is 12.8 Å². The molecular formula is C19H25N3O2S. The zero-order valence-corrected chi connectivity index (χ0v) is 15.3. The normalized spacial score (nSPS) is 18.6. The summed E-state index contributed by atoms with van der Waals surface area (Å²) in [6, 6.07) is 10.3. The monoisotopic (exact) mass is 359 g/mol. The van der Waals surface area contributed by atoms with Crippen LogP contribution in [0.4, 0.5) is 5.00 Å². The second-order valence-electron chi connectivity index (χ2n) is 6.14. The maximum absolute atomic E-state index is 11.7. The molecule has 1 aliphatic carbocycles. The van der Waals surface area contributed by atoms with Gasteiger partial charge in [-0.1, -0.05) is 30.3 Å². The topological polar surface area (TPSA) is 112 Å². The highest BCUT2D eigenvalue weighted by molar-refractivity contribution is 7.16. The van der Waals surface area contributed by atoms with Gasteiger partial charge in [-0.2, -0.15) is 0 Å². The van der Waals surface area contributed by atoms with E-state index in [1.807, 2.05) is 18.2 Å². The summed E-state index contributed by atoms with van der Waals surface area (Å²) in [5.74, 6) is -0.444. The molecule has 1 aromatic carbocycles. The maximum atomic E-state index is 11.7. The molecule has 1 aliphatic rings. The highest BCUT2D eigenvalue weighted by Gasteiger charge is 2.38. The fourth-order valence-electron chi connectivity index (χ4n) is 3.70. The van der Waals surface area contributed by atoms with Crippen LogP contribution in [0.2, 0.25) is 0 Å². The summed E-state index contributed by atoms with van der Waals surface area (Å²) in [7, 11) is 1.50. The van der Waals surface area contributed by atoms with E-state index in [9.17, 15) is 9.59 Å². The van der Waals surface area contributed by atoms with Crippen LogP contribution in [-0.4, -0.2) is 19.2 Å². The predicted molar refractivity (Wildman–Crippen MR) is 103 cm³/mol. The van der Waals surface area contributed by atoms with E-state index in [1.54, 1.807) is 0 Å². The molecule has 6 N–H and O–H groups in total. The Bertz CT molecular complexity index is 743. The van der Waals surface area contributed by atoms with E-state index in [-0.39, 0.29) is 5.41 Å². The summed E-state index contributed by atoms with van der Waals surface area (Å²) in [4.78, 5) is 23.7. The summed E-state index contributed by atoms with van der Waals surface area (Å²) in [5, 5.41) is 0.516. The van der Waals surface area contributed by atoms with Gasteiger partial charge in [0, 0.05) is 16.7 Å². The zero-order chi connectivity index (χ0) is 18.4. The molecule has 0 spiro atoms. The number of anilines is 1. The van der Waals surface area contributed by atoms with Crippen molar-refractivity contribution in [2.24, 2.45) is 11.5 Å². The molecule has 5 nitrogen and oxygen atoms in total. The van der Waals surface area contributed by atoms with Crippen molar-refractivity contribution in [3.63, 3.8) is 0 Å². The van der Waals surface area contributed by atoms with Gasteiger partial charge < -0.3 is 22.0 Å². The molecule has 0 aliphatic heterocycles. The third-order valence-electron chi connectivity index (χ3n) is 4.84. The summed E-state index contributed by atoms with van der Waals surface area (Å²) in [6.07, 6.45) is 4.81. The fraction of sp³-hybridized carbons (Fsp3) is 0.368. The van der Waals surface area contributed by atoms with E-state index < -0.39 is 5.91 Å². The first-order valence-corrected chi connectivity index (χ1v) is 9.16. The van der Waals surface area contributed by atoms with Crippen molar-refractivity contribution in [3.8, 4) is 0 Å². The van der Waals surface area contributed by atoms with Crippen LogP contribution in [-0.2, 0) is 23.1 Å². The lowest BCUT2D eigenvalue weighted by Gasteiger charge is -2.37. The van der Waals surface area contributed by atoms with Crippen molar-refractivity contribution in [3.05, 3.63) is 51.9 Å². The zero-order valence-electron chi connectivity index (χ0n) is 14.5. The van der Waals surface area contributed by atoms with Crippen LogP contribution in [0.3, 0.4) is 0 Å². The first-order chi connectivity index (χ1) is 12.1. The molecule has 0 saturated heterocycles. The number of hydrogen-bond donors (Lipinski definition) is 3. The number of thiophene rings is 1. The van der Waals surface area contributed by atoms with Crippen molar-refractivity contribution in [2.45, 2.75) is 37.5 Å². The lowest BCUT2D eigenvalue weighted by atomic mass is 9.67. The summed E-state index contributed by atoms with van der Waals surface area (Å²) >= 11 is 1.46. The van der Waals surface area contributed by atoms with Gasteiger partial charge in [0.1, 0.15) is 6.29 Å². The Morgan fingerprint density at radius 2 is 1.96 bits per heavy atom. The molecule has 1 unspecified atom stereocenters. The van der Waals surface area contributed by atoms with Gasteiger partial charge in [0.05, 0.1) is 10.6 Å². The minimum atomic E-state index is -0.444. The minimum absolute atomic E-state index is 0.0681. The van der Waals surface area contributed by atoms with Crippen LogP contribution in [0.5, 0.6) is 0 Å². The SMILES string of the molecule is CN.NC(=O)c1c(N)sc2c1CCC(CCC=O)(c1ccccc1)C2. The maximum Gasteiger partial charge on any atom is 0.251 e. The molecule has 1 amide bonds. The van der Waals surface area contributed by atoms with E-state index in [4.69, 9.17) is 11.5 Å². The molecular weight excluding hydrogens is 334 g/mol. The summed E-state index contributed by atoms with van der Waals surface area (Å²) in [5.41, 5.74) is 18.7. The number of carbonyl (C=O) groups excluding carboxylic acids is 2. The highest BCUT2D eigenvalue weighted by atomic mass is 32.1. The second-order valence-corrected chi connectivity index (χ2v) is 7.27. The quantitative estimate of drug-likeness (QED) is 0.712. The van der Waals surface area contributed by atoms with Gasteiger partial charge >= 0.3 is 0 Å². The Labute approximate surface area is 152 Å². The van der Waals surface area contributed by atoms with Crippen molar-refractivity contribution >= 4 is 28.5 Å². The number of nitrogens with two attached hydrogens (primary N) is 3. The number of fused-ring (bicyclic) bond motifs is 1. The number of aldehydes is 1. The molecule has 3 rings (SSSR count). The molecule has 1 heterocycles. The van der Waals surface area contributed by atoms with Gasteiger partial charge in [0.2, 0.25) is 0 Å². The van der Waals surface area contributed by atoms with Gasteiger partial charge in [0.25, 0.3) is 5.91 Å². The van der Waals surface area contributed by atoms with Crippen molar-refractivity contribution < 1.29 is 9.59 Å². The molecule has 25 heavy (non-hydrogen) atoms. The van der Waals surface area contributed by atoms with Crippen LogP contribution < -0.4 is 17.2 Å². The Morgan fingerprint density at radius 3 is 2.56 bits per heavy atom. The van der Waals surface area contributed by atoms with Gasteiger partial charge in [-0.15, -0.1) is 11.3 Å². The predicted octanol–water partition coefficient (Wildman–Crippen LogP) is 2.41. The number of hydrogen-bond acceptors (Lipinski definition) is 5. The van der Waals surface area contributed by atoms with Crippen molar-refractivity contribution in [1.82, 2.24) is 0 Å². The Hall–Kier alpha value is -2.18. The highest BCUT2D eigenvalue weighted by Crippen LogP contribution is 2.46. The number of rotatable bonds is 5. The van der Waals surface area contributed by atoms with E-state index in [0.29, 0.717) is 17.0 Å². The van der Waals surface area contributed by atoms with E-state index in [1.165, 1.54) is 23.9 Å². The third kappa shape index (κ3) is 3.75. The average molecular weight is 359 g/mol. The van der Waals surface area contributed by atoms with Crippen LogP contribution in [0, 0.1) is 0 Å². The molecule has 0 saturated carbocycles. The molecule has 0 bridgehead atoms. The van der Waals surface area contributed by atoms with E-state index >= 15 is 0 Å². The van der Waals surface area contributed by atoms with Gasteiger partial charge in [-0.3, -0.25) is 4.79 Å². The van der Waals surface area contributed by atoms with Gasteiger partial charge in [-0.25, -0.2) is 0 Å². The molecule has 0 fully saturated rings.